The SMILES string of the molecule is CCCNCc1c(Cl)cccc1Oc1ccc(Cl)c(Cl)c1. The Labute approximate surface area is 140 Å². The van der Waals surface area contributed by atoms with E-state index >= 15 is 0 Å². The first-order valence-corrected chi connectivity index (χ1v) is 7.86. The lowest BCUT2D eigenvalue weighted by Gasteiger charge is -2.13. The minimum absolute atomic E-state index is 0.460. The highest BCUT2D eigenvalue weighted by atomic mass is 35.5. The summed E-state index contributed by atoms with van der Waals surface area (Å²) in [4.78, 5) is 0. The van der Waals surface area contributed by atoms with Crippen LogP contribution in [0.5, 0.6) is 11.5 Å². The number of halogens is 3. The minimum Gasteiger partial charge on any atom is -0.457 e. The van der Waals surface area contributed by atoms with Crippen molar-refractivity contribution in [3.63, 3.8) is 0 Å². The summed E-state index contributed by atoms with van der Waals surface area (Å²) in [6, 6.07) is 10.8. The van der Waals surface area contributed by atoms with Gasteiger partial charge in [-0.2, -0.15) is 0 Å². The molecule has 0 saturated heterocycles. The topological polar surface area (TPSA) is 21.3 Å². The molecule has 2 aromatic rings. The van der Waals surface area contributed by atoms with Crippen molar-refractivity contribution in [1.29, 1.82) is 0 Å². The van der Waals surface area contributed by atoms with Gasteiger partial charge in [0.05, 0.1) is 10.0 Å². The van der Waals surface area contributed by atoms with Crippen molar-refractivity contribution >= 4 is 34.8 Å². The lowest BCUT2D eigenvalue weighted by molar-refractivity contribution is 0.473. The number of nitrogens with one attached hydrogen (secondary N) is 1. The normalized spacial score (nSPS) is 10.7. The van der Waals surface area contributed by atoms with Crippen molar-refractivity contribution < 1.29 is 4.74 Å². The average molecular weight is 345 g/mol. The Morgan fingerprint density at radius 2 is 1.81 bits per heavy atom. The van der Waals surface area contributed by atoms with Crippen molar-refractivity contribution in [2.24, 2.45) is 0 Å². The van der Waals surface area contributed by atoms with E-state index in [0.717, 1.165) is 18.5 Å². The molecule has 0 aliphatic carbocycles. The molecule has 0 bridgehead atoms. The molecule has 2 nitrogen and oxygen atoms in total. The van der Waals surface area contributed by atoms with Crippen molar-refractivity contribution in [1.82, 2.24) is 5.32 Å². The van der Waals surface area contributed by atoms with Gasteiger partial charge in [0.2, 0.25) is 0 Å². The molecule has 112 valence electrons. The monoisotopic (exact) mass is 343 g/mol. The molecule has 0 aromatic heterocycles. The molecular formula is C16H16Cl3NO. The van der Waals surface area contributed by atoms with Gasteiger partial charge in [0.25, 0.3) is 0 Å². The van der Waals surface area contributed by atoms with Gasteiger partial charge >= 0.3 is 0 Å². The summed E-state index contributed by atoms with van der Waals surface area (Å²) in [5.41, 5.74) is 0.929. The van der Waals surface area contributed by atoms with Gasteiger partial charge < -0.3 is 10.1 Å². The molecular weight excluding hydrogens is 329 g/mol. The molecule has 0 saturated carbocycles. The van der Waals surface area contributed by atoms with E-state index < -0.39 is 0 Å². The number of rotatable bonds is 6. The second kappa shape index (κ2) is 7.90. The average Bonchev–Trinajstić information content (AvgIpc) is 2.46. The fourth-order valence-corrected chi connectivity index (χ4v) is 2.38. The predicted octanol–water partition coefficient (Wildman–Crippen LogP) is 5.94. The lowest BCUT2D eigenvalue weighted by Crippen LogP contribution is -2.14. The third-order valence-corrected chi connectivity index (χ3v) is 4.02. The largest absolute Gasteiger partial charge is 0.457 e. The Morgan fingerprint density at radius 1 is 1.00 bits per heavy atom. The van der Waals surface area contributed by atoms with Crippen LogP contribution >= 0.6 is 34.8 Å². The molecule has 0 spiro atoms. The number of hydrogen-bond donors (Lipinski definition) is 1. The first kappa shape index (κ1) is 16.4. The van der Waals surface area contributed by atoms with Crippen molar-refractivity contribution in [2.45, 2.75) is 19.9 Å². The molecule has 5 heteroatoms. The Morgan fingerprint density at radius 3 is 2.52 bits per heavy atom. The van der Waals surface area contributed by atoms with Crippen LogP contribution in [-0.2, 0) is 6.54 Å². The highest BCUT2D eigenvalue weighted by molar-refractivity contribution is 6.42. The molecule has 1 N–H and O–H groups in total. The maximum absolute atomic E-state index is 6.26. The summed E-state index contributed by atoms with van der Waals surface area (Å²) < 4.78 is 5.89. The Bertz CT molecular complexity index is 616. The second-order valence-electron chi connectivity index (χ2n) is 4.57. The Hall–Kier alpha value is -0.930. The fourth-order valence-electron chi connectivity index (χ4n) is 1.86. The van der Waals surface area contributed by atoms with E-state index in [1.807, 2.05) is 18.2 Å². The van der Waals surface area contributed by atoms with E-state index in [1.54, 1.807) is 18.2 Å². The molecule has 0 heterocycles. The Balaban J connectivity index is 2.22. The van der Waals surface area contributed by atoms with Crippen LogP contribution in [-0.4, -0.2) is 6.54 Å². The fraction of sp³-hybridized carbons (Fsp3) is 0.250. The maximum atomic E-state index is 6.26. The predicted molar refractivity (Wildman–Crippen MR) is 90.0 cm³/mol. The van der Waals surface area contributed by atoms with E-state index in [0.29, 0.717) is 33.1 Å². The highest BCUT2D eigenvalue weighted by Crippen LogP contribution is 2.33. The van der Waals surface area contributed by atoms with Crippen LogP contribution in [0.2, 0.25) is 15.1 Å². The standard InChI is InChI=1S/C16H16Cl3NO/c1-2-8-20-10-12-13(17)4-3-5-16(12)21-11-6-7-14(18)15(19)9-11/h3-7,9,20H,2,8,10H2,1H3. The molecule has 21 heavy (non-hydrogen) atoms. The van der Waals surface area contributed by atoms with E-state index in [4.69, 9.17) is 39.5 Å². The lowest BCUT2D eigenvalue weighted by atomic mass is 10.2. The third kappa shape index (κ3) is 4.52. The molecule has 2 rings (SSSR count). The van der Waals surface area contributed by atoms with Gasteiger partial charge in [0.15, 0.2) is 0 Å². The molecule has 0 amide bonds. The third-order valence-electron chi connectivity index (χ3n) is 2.92. The van der Waals surface area contributed by atoms with Gasteiger partial charge in [0.1, 0.15) is 11.5 Å². The van der Waals surface area contributed by atoms with Crippen LogP contribution in [0.15, 0.2) is 36.4 Å². The first-order chi connectivity index (χ1) is 10.1. The summed E-state index contributed by atoms with van der Waals surface area (Å²) in [6.07, 6.45) is 1.06. The van der Waals surface area contributed by atoms with Gasteiger partial charge in [-0.3, -0.25) is 0 Å². The summed E-state index contributed by atoms with van der Waals surface area (Å²) in [7, 11) is 0. The summed E-state index contributed by atoms with van der Waals surface area (Å²) in [5.74, 6) is 1.34. The molecule has 0 radical (unpaired) electrons. The molecule has 0 aliphatic heterocycles. The van der Waals surface area contributed by atoms with Crippen molar-refractivity contribution in [3.8, 4) is 11.5 Å². The molecule has 0 fully saturated rings. The zero-order valence-electron chi connectivity index (χ0n) is 11.6. The molecule has 0 aliphatic rings. The Kier molecular flexibility index (Phi) is 6.19. The maximum Gasteiger partial charge on any atom is 0.133 e. The number of ether oxygens (including phenoxy) is 1. The zero-order chi connectivity index (χ0) is 15.2. The quantitative estimate of drug-likeness (QED) is 0.655. The summed E-state index contributed by atoms with van der Waals surface area (Å²) in [5, 5.41) is 4.96. The highest BCUT2D eigenvalue weighted by Gasteiger charge is 2.10. The second-order valence-corrected chi connectivity index (χ2v) is 5.79. The smallest absolute Gasteiger partial charge is 0.133 e. The van der Waals surface area contributed by atoms with Gasteiger partial charge in [-0.05, 0) is 37.2 Å². The van der Waals surface area contributed by atoms with Crippen molar-refractivity contribution in [3.05, 3.63) is 57.0 Å². The van der Waals surface area contributed by atoms with Gasteiger partial charge in [-0.1, -0.05) is 47.8 Å². The van der Waals surface area contributed by atoms with Crippen LogP contribution in [0.25, 0.3) is 0 Å². The van der Waals surface area contributed by atoms with Gasteiger partial charge in [-0.15, -0.1) is 0 Å². The first-order valence-electron chi connectivity index (χ1n) is 6.73. The van der Waals surface area contributed by atoms with E-state index in [1.165, 1.54) is 0 Å². The van der Waals surface area contributed by atoms with Crippen molar-refractivity contribution in [2.75, 3.05) is 6.54 Å². The van der Waals surface area contributed by atoms with Crippen LogP contribution in [0.1, 0.15) is 18.9 Å². The number of benzene rings is 2. The zero-order valence-corrected chi connectivity index (χ0v) is 13.9. The van der Waals surface area contributed by atoms with Crippen LogP contribution < -0.4 is 10.1 Å². The summed E-state index contributed by atoms with van der Waals surface area (Å²) >= 11 is 18.2. The van der Waals surface area contributed by atoms with Crippen LogP contribution in [0, 0.1) is 0 Å². The van der Waals surface area contributed by atoms with E-state index in [-0.39, 0.29) is 0 Å². The summed E-state index contributed by atoms with van der Waals surface area (Å²) in [6.45, 7) is 3.70. The van der Waals surface area contributed by atoms with Crippen LogP contribution in [0.4, 0.5) is 0 Å². The molecule has 0 atom stereocenters. The number of hydrogen-bond acceptors (Lipinski definition) is 2. The minimum atomic E-state index is 0.460. The van der Waals surface area contributed by atoms with Gasteiger partial charge in [-0.25, -0.2) is 0 Å². The van der Waals surface area contributed by atoms with E-state index in [9.17, 15) is 0 Å². The van der Waals surface area contributed by atoms with Gasteiger partial charge in [0, 0.05) is 23.2 Å². The van der Waals surface area contributed by atoms with E-state index in [2.05, 4.69) is 12.2 Å². The van der Waals surface area contributed by atoms with Crippen LogP contribution in [0.3, 0.4) is 0 Å². The molecule has 0 unspecified atom stereocenters. The molecule has 2 aromatic carbocycles.